The minimum atomic E-state index is -0.408. The van der Waals surface area contributed by atoms with E-state index in [4.69, 9.17) is 4.74 Å². The minimum Gasteiger partial charge on any atom is -0.389 e. The van der Waals surface area contributed by atoms with Crippen molar-refractivity contribution in [3.8, 4) is 0 Å². The van der Waals surface area contributed by atoms with E-state index in [2.05, 4.69) is 4.90 Å². The monoisotopic (exact) mass is 267 g/mol. The first kappa shape index (κ1) is 14.4. The number of likely N-dealkylation sites (tertiary alicyclic amines) is 1. The van der Waals surface area contributed by atoms with Gasteiger partial charge in [0, 0.05) is 20.2 Å². The summed E-state index contributed by atoms with van der Waals surface area (Å²) < 4.78 is 17.8. The molecule has 0 aromatic heterocycles. The third-order valence-corrected chi connectivity index (χ3v) is 3.64. The van der Waals surface area contributed by atoms with Gasteiger partial charge in [0.15, 0.2) is 0 Å². The number of rotatable bonds is 6. The molecule has 1 aromatic carbocycles. The number of hydrogen-bond acceptors (Lipinski definition) is 3. The predicted octanol–water partition coefficient (Wildman–Crippen LogP) is 1.70. The molecule has 1 aromatic rings. The minimum absolute atomic E-state index is 0.181. The fourth-order valence-corrected chi connectivity index (χ4v) is 2.74. The summed E-state index contributed by atoms with van der Waals surface area (Å²) in [4.78, 5) is 2.28. The molecule has 0 amide bonds. The summed E-state index contributed by atoms with van der Waals surface area (Å²) in [5.74, 6) is 0.416. The quantitative estimate of drug-likeness (QED) is 0.851. The summed E-state index contributed by atoms with van der Waals surface area (Å²) in [6.07, 6.45) is 1.71. The first-order valence-electron chi connectivity index (χ1n) is 6.81. The number of benzene rings is 1. The number of β-amino-alcohol motifs (C(OH)–C–C–N with tert-alkyl or cyclic N) is 1. The Bertz CT molecular complexity index is 382. The van der Waals surface area contributed by atoms with E-state index in [1.807, 2.05) is 12.1 Å². The molecule has 3 nitrogen and oxygen atoms in total. The highest BCUT2D eigenvalue weighted by Gasteiger charge is 2.24. The first-order valence-corrected chi connectivity index (χ1v) is 6.81. The van der Waals surface area contributed by atoms with Crippen LogP contribution < -0.4 is 0 Å². The van der Waals surface area contributed by atoms with Crippen molar-refractivity contribution in [2.45, 2.75) is 18.9 Å². The van der Waals surface area contributed by atoms with Crippen molar-refractivity contribution in [1.29, 1.82) is 0 Å². The number of aliphatic hydroxyl groups is 1. The van der Waals surface area contributed by atoms with Crippen molar-refractivity contribution in [2.75, 3.05) is 33.4 Å². The van der Waals surface area contributed by atoms with Gasteiger partial charge in [0.05, 0.1) is 12.7 Å². The molecule has 19 heavy (non-hydrogen) atoms. The lowest BCUT2D eigenvalue weighted by atomic mass is 9.99. The highest BCUT2D eigenvalue weighted by atomic mass is 19.1. The molecule has 1 N–H and O–H groups in total. The summed E-state index contributed by atoms with van der Waals surface area (Å²) in [5.41, 5.74) is 1.19. The van der Waals surface area contributed by atoms with E-state index in [-0.39, 0.29) is 5.82 Å². The molecule has 106 valence electrons. The van der Waals surface area contributed by atoms with Crippen molar-refractivity contribution >= 4 is 0 Å². The number of hydrogen-bond donors (Lipinski definition) is 1. The molecule has 0 unspecified atom stereocenters. The zero-order chi connectivity index (χ0) is 13.7. The molecule has 1 heterocycles. The van der Waals surface area contributed by atoms with Crippen LogP contribution >= 0.6 is 0 Å². The van der Waals surface area contributed by atoms with Crippen molar-refractivity contribution in [1.82, 2.24) is 4.90 Å². The van der Waals surface area contributed by atoms with Crippen LogP contribution in [-0.2, 0) is 11.2 Å². The smallest absolute Gasteiger partial charge is 0.123 e. The summed E-state index contributed by atoms with van der Waals surface area (Å²) in [6.45, 7) is 3.08. The Morgan fingerprint density at radius 2 is 2.16 bits per heavy atom. The second-order valence-corrected chi connectivity index (χ2v) is 5.35. The highest BCUT2D eigenvalue weighted by Crippen LogP contribution is 2.21. The summed E-state index contributed by atoms with van der Waals surface area (Å²) in [5, 5.41) is 9.71. The van der Waals surface area contributed by atoms with Crippen LogP contribution in [-0.4, -0.2) is 49.5 Å². The summed E-state index contributed by atoms with van der Waals surface area (Å²) in [7, 11) is 1.60. The second kappa shape index (κ2) is 6.98. The molecule has 0 saturated carbocycles. The van der Waals surface area contributed by atoms with Gasteiger partial charge in [0.1, 0.15) is 5.82 Å². The maximum Gasteiger partial charge on any atom is 0.123 e. The van der Waals surface area contributed by atoms with Crippen molar-refractivity contribution in [3.05, 3.63) is 35.6 Å². The topological polar surface area (TPSA) is 32.7 Å². The van der Waals surface area contributed by atoms with Crippen LogP contribution in [0.1, 0.15) is 12.0 Å². The number of ether oxygens (including phenoxy) is 1. The molecule has 0 spiro atoms. The fourth-order valence-electron chi connectivity index (χ4n) is 2.74. The van der Waals surface area contributed by atoms with Crippen LogP contribution in [0.4, 0.5) is 4.39 Å². The normalized spacial score (nSPS) is 21.7. The van der Waals surface area contributed by atoms with E-state index >= 15 is 0 Å². The zero-order valence-corrected chi connectivity index (χ0v) is 11.4. The maximum atomic E-state index is 12.8. The van der Waals surface area contributed by atoms with Gasteiger partial charge >= 0.3 is 0 Å². The van der Waals surface area contributed by atoms with Gasteiger partial charge in [0.25, 0.3) is 0 Å². The van der Waals surface area contributed by atoms with Gasteiger partial charge in [-0.2, -0.15) is 0 Å². The van der Waals surface area contributed by atoms with E-state index in [0.717, 1.165) is 25.9 Å². The molecule has 0 radical (unpaired) electrons. The van der Waals surface area contributed by atoms with Gasteiger partial charge in [-0.25, -0.2) is 4.39 Å². The first-order chi connectivity index (χ1) is 9.17. The molecule has 2 rings (SSSR count). The van der Waals surface area contributed by atoms with Crippen molar-refractivity contribution < 1.29 is 14.2 Å². The molecule has 1 aliphatic rings. The Hall–Kier alpha value is -0.970. The third kappa shape index (κ3) is 4.56. The lowest BCUT2D eigenvalue weighted by molar-refractivity contribution is 0.0421. The Labute approximate surface area is 114 Å². The number of methoxy groups -OCH3 is 1. The lowest BCUT2D eigenvalue weighted by Gasteiger charge is -2.19. The largest absolute Gasteiger partial charge is 0.389 e. The summed E-state index contributed by atoms with van der Waals surface area (Å²) in [6, 6.07) is 6.75. The number of halogens is 1. The average molecular weight is 267 g/mol. The van der Waals surface area contributed by atoms with Gasteiger partial charge in [-0.05, 0) is 43.0 Å². The van der Waals surface area contributed by atoms with Gasteiger partial charge in [-0.3, -0.25) is 0 Å². The molecule has 0 aliphatic carbocycles. The van der Waals surface area contributed by atoms with Crippen molar-refractivity contribution in [2.24, 2.45) is 5.92 Å². The van der Waals surface area contributed by atoms with Crippen LogP contribution in [0.15, 0.2) is 24.3 Å². The Kier molecular flexibility index (Phi) is 5.31. The number of nitrogens with zero attached hydrogens (tertiary/aromatic N) is 1. The molecule has 1 saturated heterocycles. The second-order valence-electron chi connectivity index (χ2n) is 5.35. The van der Waals surface area contributed by atoms with E-state index < -0.39 is 6.10 Å². The van der Waals surface area contributed by atoms with Crippen LogP contribution in [0.3, 0.4) is 0 Å². The van der Waals surface area contributed by atoms with Crippen LogP contribution in [0.25, 0.3) is 0 Å². The van der Waals surface area contributed by atoms with Crippen LogP contribution in [0.5, 0.6) is 0 Å². The van der Waals surface area contributed by atoms with Gasteiger partial charge in [-0.15, -0.1) is 0 Å². The molecule has 4 heteroatoms. The third-order valence-electron chi connectivity index (χ3n) is 3.64. The molecule has 0 bridgehead atoms. The van der Waals surface area contributed by atoms with E-state index in [1.165, 1.54) is 17.7 Å². The fraction of sp³-hybridized carbons (Fsp3) is 0.600. The standard InChI is InChI=1S/C15H22FNO2/c1-19-11-15(18)10-17-7-6-13(9-17)8-12-2-4-14(16)5-3-12/h2-5,13,15,18H,6-11H2,1H3/t13-,15-/m1/s1. The van der Waals surface area contributed by atoms with Crippen LogP contribution in [0, 0.1) is 11.7 Å². The van der Waals surface area contributed by atoms with Crippen LogP contribution in [0.2, 0.25) is 0 Å². The average Bonchev–Trinajstić information content (AvgIpc) is 2.80. The Balaban J connectivity index is 1.77. The Morgan fingerprint density at radius 3 is 2.84 bits per heavy atom. The molecule has 1 fully saturated rings. The van der Waals surface area contributed by atoms with E-state index in [1.54, 1.807) is 7.11 Å². The highest BCUT2D eigenvalue weighted by molar-refractivity contribution is 5.16. The molecular formula is C15H22FNO2. The van der Waals surface area contributed by atoms with E-state index in [9.17, 15) is 9.50 Å². The lowest BCUT2D eigenvalue weighted by Crippen LogP contribution is -2.33. The van der Waals surface area contributed by atoms with E-state index in [0.29, 0.717) is 19.1 Å². The maximum absolute atomic E-state index is 12.8. The number of aliphatic hydroxyl groups excluding tert-OH is 1. The van der Waals surface area contributed by atoms with Gasteiger partial charge in [0.2, 0.25) is 0 Å². The molecule has 2 atom stereocenters. The summed E-state index contributed by atoms with van der Waals surface area (Å²) >= 11 is 0. The molecule has 1 aliphatic heterocycles. The SMILES string of the molecule is COC[C@H](O)CN1CC[C@H](Cc2ccc(F)cc2)C1. The van der Waals surface area contributed by atoms with Gasteiger partial charge in [-0.1, -0.05) is 12.1 Å². The predicted molar refractivity (Wildman–Crippen MR) is 72.5 cm³/mol. The zero-order valence-electron chi connectivity index (χ0n) is 11.4. The Morgan fingerprint density at radius 1 is 1.42 bits per heavy atom. The van der Waals surface area contributed by atoms with Gasteiger partial charge < -0.3 is 14.7 Å². The molecular weight excluding hydrogens is 245 g/mol. The van der Waals surface area contributed by atoms with Crippen molar-refractivity contribution in [3.63, 3.8) is 0 Å².